The fourth-order valence-corrected chi connectivity index (χ4v) is 8.26. The van der Waals surface area contributed by atoms with Crippen molar-refractivity contribution in [2.75, 3.05) is 18.6 Å². The maximum Gasteiger partial charge on any atom is 0.488 e. The molecule has 2 fully saturated rings. The maximum absolute atomic E-state index is 14.2. The molecular weight excluding hydrogens is 751 g/mol. The molecule has 4 atom stereocenters. The van der Waals surface area contributed by atoms with E-state index in [2.05, 4.69) is 35.6 Å². The zero-order valence-electron chi connectivity index (χ0n) is 28.0. The summed E-state index contributed by atoms with van der Waals surface area (Å²) in [6, 6.07) is 19.3. The van der Waals surface area contributed by atoms with Crippen LogP contribution in [0, 0.1) is 21.3 Å². The van der Waals surface area contributed by atoms with E-state index in [0.717, 1.165) is 40.0 Å². The number of hydrogen-bond acceptors (Lipinski definition) is 9. The molecule has 4 N–H and O–H groups in total. The van der Waals surface area contributed by atoms with Crippen LogP contribution in [0.4, 0.5) is 5.69 Å². The molecular formula is C37H40B2INO9. The van der Waals surface area contributed by atoms with Gasteiger partial charge in [-0.05, 0) is 119 Å². The smallest absolute Gasteiger partial charge is 0.488 e. The number of imide groups is 1. The van der Waals surface area contributed by atoms with E-state index in [1.54, 1.807) is 18.2 Å². The SMILES string of the molecule is CCC/C(=C\c1cc(I)c(O)c(OC)c1)CC[C@H]1OB(O)C[C@H]2C1=C(COc1ccccc1)C[C@H]1C(=O)N(c3cccc(B(O)O)c3)C(=O)[C@H]12. The lowest BCUT2D eigenvalue weighted by Crippen LogP contribution is -2.46. The largest absolute Gasteiger partial charge is 0.504 e. The number of benzene rings is 3. The molecule has 3 aliphatic rings. The summed E-state index contributed by atoms with van der Waals surface area (Å²) in [5, 5.41) is 41.0. The number of rotatable bonds is 12. The number of phenolic OH excluding ortho intramolecular Hbond substituents is 1. The van der Waals surface area contributed by atoms with Crippen LogP contribution in [0.3, 0.4) is 0 Å². The Labute approximate surface area is 306 Å². The first-order chi connectivity index (χ1) is 24.1. The van der Waals surface area contributed by atoms with Gasteiger partial charge in [-0.3, -0.25) is 14.5 Å². The summed E-state index contributed by atoms with van der Waals surface area (Å²) in [6.45, 7) is 2.31. The quantitative estimate of drug-likeness (QED) is 0.0886. The Morgan fingerprint density at radius 2 is 1.84 bits per heavy atom. The third-order valence-corrected chi connectivity index (χ3v) is 10.7. The Bertz CT molecular complexity index is 1800. The second-order valence-electron chi connectivity index (χ2n) is 13.0. The number of hydrogen-bond donors (Lipinski definition) is 4. The third kappa shape index (κ3) is 7.52. The molecule has 2 heterocycles. The van der Waals surface area contributed by atoms with Gasteiger partial charge in [-0.2, -0.15) is 0 Å². The number of methoxy groups -OCH3 is 1. The minimum atomic E-state index is -1.75. The predicted octanol–water partition coefficient (Wildman–Crippen LogP) is 4.73. The van der Waals surface area contributed by atoms with Gasteiger partial charge in [0.25, 0.3) is 0 Å². The summed E-state index contributed by atoms with van der Waals surface area (Å²) in [4.78, 5) is 29.4. The highest BCUT2D eigenvalue weighted by Gasteiger charge is 2.57. The molecule has 2 saturated heterocycles. The average molecular weight is 791 g/mol. The Hall–Kier alpha value is -3.62. The molecule has 0 radical (unpaired) electrons. The number of carbonyl (C=O) groups excluding carboxylic acids is 2. The maximum atomic E-state index is 14.2. The molecule has 13 heteroatoms. The number of para-hydroxylation sites is 1. The Morgan fingerprint density at radius 3 is 2.56 bits per heavy atom. The van der Waals surface area contributed by atoms with Crippen molar-refractivity contribution in [1.82, 2.24) is 0 Å². The Balaban J connectivity index is 1.34. The van der Waals surface area contributed by atoms with Gasteiger partial charge in [-0.15, -0.1) is 0 Å². The molecule has 3 aromatic rings. The number of nitrogens with zero attached hydrogens (tertiary/aromatic N) is 1. The second-order valence-corrected chi connectivity index (χ2v) is 14.2. The monoisotopic (exact) mass is 791 g/mol. The van der Waals surface area contributed by atoms with Crippen LogP contribution in [0.5, 0.6) is 17.2 Å². The summed E-state index contributed by atoms with van der Waals surface area (Å²) in [6.07, 6.45) is 4.98. The van der Waals surface area contributed by atoms with E-state index in [9.17, 15) is 29.8 Å². The van der Waals surface area contributed by atoms with E-state index in [1.165, 1.54) is 19.2 Å². The lowest BCUT2D eigenvalue weighted by Gasteiger charge is -2.43. The van der Waals surface area contributed by atoms with Crippen molar-refractivity contribution in [3.8, 4) is 17.2 Å². The van der Waals surface area contributed by atoms with Crippen molar-refractivity contribution < 1.29 is 43.9 Å². The minimum Gasteiger partial charge on any atom is -0.504 e. The van der Waals surface area contributed by atoms with Crippen molar-refractivity contribution >= 4 is 65.9 Å². The highest BCUT2D eigenvalue weighted by atomic mass is 127. The van der Waals surface area contributed by atoms with E-state index < -0.39 is 38.1 Å². The molecule has 1 aliphatic carbocycles. The van der Waals surface area contributed by atoms with Gasteiger partial charge in [0.15, 0.2) is 11.5 Å². The minimum absolute atomic E-state index is 0.0999. The van der Waals surface area contributed by atoms with Gasteiger partial charge in [-0.25, -0.2) is 0 Å². The molecule has 2 amide bonds. The van der Waals surface area contributed by atoms with E-state index in [0.29, 0.717) is 34.3 Å². The Kier molecular flexibility index (Phi) is 11.4. The van der Waals surface area contributed by atoms with Gasteiger partial charge in [0.2, 0.25) is 11.8 Å². The van der Waals surface area contributed by atoms with E-state index in [4.69, 9.17) is 14.1 Å². The number of fused-ring (bicyclic) bond motifs is 3. The summed E-state index contributed by atoms with van der Waals surface area (Å²) >= 11 is 2.08. The Morgan fingerprint density at radius 1 is 1.06 bits per heavy atom. The standard InChI is InChI=1S/C37H40B2INO9/c1-3-8-22(15-23-16-30(40)35(42)32(17-23)48-2)13-14-31-33-24(21-49-27-11-5-4-6-12-27)18-28-34(29(33)20-38(45)50-31)37(44)41(36(28)43)26-10-7-9-25(19-26)39(46)47/h4-7,9-12,15-17,19,28-29,31,34,42,45-47H,3,8,13-14,18,20-21H2,1-2H3/b22-15+/t28-,29+,31-,34-/m1/s1. The first kappa shape index (κ1) is 36.2. The molecule has 0 spiro atoms. The van der Waals surface area contributed by atoms with Crippen LogP contribution in [0.2, 0.25) is 6.32 Å². The third-order valence-electron chi connectivity index (χ3n) is 9.83. The van der Waals surface area contributed by atoms with Crippen LogP contribution in [0.25, 0.3) is 6.08 Å². The number of carbonyl (C=O) groups is 2. The van der Waals surface area contributed by atoms with Crippen LogP contribution in [0.15, 0.2) is 83.4 Å². The molecule has 2 aliphatic heterocycles. The molecule has 260 valence electrons. The van der Waals surface area contributed by atoms with Crippen molar-refractivity contribution in [3.05, 3.63) is 92.6 Å². The van der Waals surface area contributed by atoms with Crippen LogP contribution in [-0.4, -0.2) is 66.1 Å². The first-order valence-electron chi connectivity index (χ1n) is 16.9. The molecule has 0 saturated carbocycles. The highest BCUT2D eigenvalue weighted by Crippen LogP contribution is 2.51. The molecule has 6 rings (SSSR count). The first-order valence-corrected chi connectivity index (χ1v) is 18.0. The summed E-state index contributed by atoms with van der Waals surface area (Å²) in [5.41, 5.74) is 4.32. The van der Waals surface area contributed by atoms with E-state index >= 15 is 0 Å². The highest BCUT2D eigenvalue weighted by molar-refractivity contribution is 14.1. The number of ether oxygens (including phenoxy) is 2. The zero-order chi connectivity index (χ0) is 35.5. The van der Waals surface area contributed by atoms with E-state index in [-0.39, 0.29) is 41.6 Å². The summed E-state index contributed by atoms with van der Waals surface area (Å²) in [7, 11) is -1.36. The van der Waals surface area contributed by atoms with Crippen LogP contribution in [-0.2, 0) is 14.2 Å². The van der Waals surface area contributed by atoms with Crippen molar-refractivity contribution in [2.24, 2.45) is 17.8 Å². The predicted molar refractivity (Wildman–Crippen MR) is 200 cm³/mol. The second kappa shape index (κ2) is 15.7. The number of phenols is 1. The van der Waals surface area contributed by atoms with Crippen LogP contribution in [0.1, 0.15) is 44.6 Å². The average Bonchev–Trinajstić information content (AvgIpc) is 3.36. The summed E-state index contributed by atoms with van der Waals surface area (Å²) < 4.78 is 18.5. The van der Waals surface area contributed by atoms with Crippen molar-refractivity contribution in [1.29, 1.82) is 0 Å². The van der Waals surface area contributed by atoms with Gasteiger partial charge < -0.3 is 34.3 Å². The van der Waals surface area contributed by atoms with Gasteiger partial charge in [-0.1, -0.05) is 55.3 Å². The number of aromatic hydroxyl groups is 1. The van der Waals surface area contributed by atoms with Crippen LogP contribution >= 0.6 is 22.6 Å². The number of anilines is 1. The summed E-state index contributed by atoms with van der Waals surface area (Å²) in [5.74, 6) is -1.38. The molecule has 10 nitrogen and oxygen atoms in total. The van der Waals surface area contributed by atoms with Gasteiger partial charge in [0, 0.05) is 0 Å². The number of amides is 2. The molecule has 0 aromatic heterocycles. The topological polar surface area (TPSA) is 146 Å². The molecule has 0 bridgehead atoms. The lowest BCUT2D eigenvalue weighted by molar-refractivity contribution is -0.122. The van der Waals surface area contributed by atoms with Crippen molar-refractivity contribution in [2.45, 2.75) is 51.5 Å². The lowest BCUT2D eigenvalue weighted by atomic mass is 9.58. The van der Waals surface area contributed by atoms with Gasteiger partial charge >= 0.3 is 14.2 Å². The fourth-order valence-electron chi connectivity index (χ4n) is 7.64. The number of allylic oxidation sites excluding steroid dienone is 1. The number of halogens is 1. The van der Waals surface area contributed by atoms with Crippen molar-refractivity contribution in [3.63, 3.8) is 0 Å². The van der Waals surface area contributed by atoms with Gasteiger partial charge in [0.1, 0.15) is 12.4 Å². The van der Waals surface area contributed by atoms with E-state index in [1.807, 2.05) is 36.4 Å². The van der Waals surface area contributed by atoms with Gasteiger partial charge in [0.05, 0.1) is 34.3 Å². The fraction of sp³-hybridized carbons (Fsp3) is 0.351. The zero-order valence-corrected chi connectivity index (χ0v) is 30.2. The molecule has 0 unspecified atom stereocenters. The van der Waals surface area contributed by atoms with Crippen LogP contribution < -0.4 is 19.8 Å². The molecule has 3 aromatic carbocycles. The molecule has 50 heavy (non-hydrogen) atoms. The normalized spacial score (nSPS) is 22.1.